The van der Waals surface area contributed by atoms with Gasteiger partial charge in [0.15, 0.2) is 0 Å². The first-order valence-electron chi connectivity index (χ1n) is 8.26. The minimum Gasteiger partial charge on any atom is -0.336 e. The Balaban J connectivity index is 1.81. The van der Waals surface area contributed by atoms with Gasteiger partial charge in [-0.1, -0.05) is 23.2 Å². The molecular formula is C17H21Cl2F2N3O2. The lowest BCUT2D eigenvalue weighted by atomic mass is 9.95. The Labute approximate surface area is 161 Å². The van der Waals surface area contributed by atoms with Crippen molar-refractivity contribution in [2.75, 3.05) is 38.5 Å². The van der Waals surface area contributed by atoms with Crippen LogP contribution in [-0.4, -0.2) is 61.3 Å². The number of alkyl halides is 2. The van der Waals surface area contributed by atoms with Crippen LogP contribution in [0.5, 0.6) is 0 Å². The number of carbonyl (C=O) groups is 2. The van der Waals surface area contributed by atoms with Gasteiger partial charge in [0.2, 0.25) is 11.8 Å². The summed E-state index contributed by atoms with van der Waals surface area (Å²) in [6.45, 7) is 0.563. The molecule has 1 N–H and O–H groups in total. The van der Waals surface area contributed by atoms with Crippen molar-refractivity contribution in [1.29, 1.82) is 0 Å². The summed E-state index contributed by atoms with van der Waals surface area (Å²) >= 11 is 11.7. The molecule has 0 aliphatic carbocycles. The number of halogens is 4. The van der Waals surface area contributed by atoms with Gasteiger partial charge >= 0.3 is 0 Å². The van der Waals surface area contributed by atoms with Crippen molar-refractivity contribution in [3.63, 3.8) is 0 Å². The van der Waals surface area contributed by atoms with E-state index in [1.807, 2.05) is 0 Å². The van der Waals surface area contributed by atoms with Gasteiger partial charge in [-0.05, 0) is 44.1 Å². The zero-order valence-electron chi connectivity index (χ0n) is 14.4. The van der Waals surface area contributed by atoms with Gasteiger partial charge in [0, 0.05) is 18.7 Å². The van der Waals surface area contributed by atoms with Crippen LogP contribution in [0.25, 0.3) is 0 Å². The number of rotatable bonds is 6. The number of amides is 2. The monoisotopic (exact) mass is 407 g/mol. The third kappa shape index (κ3) is 6.07. The molecule has 1 saturated heterocycles. The Kier molecular flexibility index (Phi) is 7.61. The van der Waals surface area contributed by atoms with Gasteiger partial charge in [-0.15, -0.1) is 0 Å². The predicted octanol–water partition coefficient (Wildman–Crippen LogP) is 3.37. The summed E-state index contributed by atoms with van der Waals surface area (Å²) in [5.74, 6) is -0.743. The van der Waals surface area contributed by atoms with Crippen LogP contribution >= 0.6 is 23.2 Å². The fourth-order valence-corrected chi connectivity index (χ4v) is 3.24. The Hall–Kier alpha value is -1.44. The van der Waals surface area contributed by atoms with E-state index in [2.05, 4.69) is 5.32 Å². The zero-order chi connectivity index (χ0) is 19.3. The van der Waals surface area contributed by atoms with Gasteiger partial charge in [-0.2, -0.15) is 0 Å². The molecule has 1 aromatic rings. The van der Waals surface area contributed by atoms with Crippen LogP contribution in [-0.2, 0) is 9.59 Å². The molecular weight excluding hydrogens is 387 g/mol. The molecule has 1 fully saturated rings. The van der Waals surface area contributed by atoms with Crippen LogP contribution < -0.4 is 5.32 Å². The molecule has 0 saturated carbocycles. The van der Waals surface area contributed by atoms with E-state index >= 15 is 0 Å². The largest absolute Gasteiger partial charge is 0.336 e. The van der Waals surface area contributed by atoms with Crippen molar-refractivity contribution in [2.24, 2.45) is 5.92 Å². The summed E-state index contributed by atoms with van der Waals surface area (Å²) in [5.41, 5.74) is 0.491. The molecule has 0 spiro atoms. The zero-order valence-corrected chi connectivity index (χ0v) is 15.9. The minimum atomic E-state index is -2.37. The summed E-state index contributed by atoms with van der Waals surface area (Å²) in [7, 11) is 1.56. The minimum absolute atomic E-state index is 0.101. The second-order valence-corrected chi connectivity index (χ2v) is 7.15. The Morgan fingerprint density at radius 1 is 1.27 bits per heavy atom. The molecule has 0 aromatic heterocycles. The number of piperidine rings is 1. The SMILES string of the molecule is CN(CC(=O)Nc1ccc(Cl)c(Cl)c1)C(=O)C1CCN(CC(F)F)CC1. The first-order chi connectivity index (χ1) is 12.3. The summed E-state index contributed by atoms with van der Waals surface area (Å²) in [4.78, 5) is 27.6. The van der Waals surface area contributed by atoms with Crippen LogP contribution in [0.15, 0.2) is 18.2 Å². The fraction of sp³-hybridized carbons (Fsp3) is 0.529. The standard InChI is InChI=1S/C17H21Cl2F2N3O2/c1-23(10-16(25)22-12-2-3-13(18)14(19)8-12)17(26)11-4-6-24(7-5-11)9-15(20)21/h2-3,8,11,15H,4-7,9-10H2,1H3,(H,22,25). The van der Waals surface area contributed by atoms with E-state index in [1.54, 1.807) is 24.1 Å². The van der Waals surface area contributed by atoms with Crippen molar-refractivity contribution in [3.05, 3.63) is 28.2 Å². The molecule has 0 atom stereocenters. The van der Waals surface area contributed by atoms with Gasteiger partial charge in [0.25, 0.3) is 6.43 Å². The van der Waals surface area contributed by atoms with E-state index in [1.165, 1.54) is 11.0 Å². The summed E-state index contributed by atoms with van der Waals surface area (Å²) in [6, 6.07) is 4.72. The number of benzene rings is 1. The number of likely N-dealkylation sites (N-methyl/N-ethyl adjacent to an activating group) is 1. The van der Waals surface area contributed by atoms with Crippen molar-refractivity contribution in [2.45, 2.75) is 19.3 Å². The van der Waals surface area contributed by atoms with E-state index in [0.717, 1.165) is 0 Å². The van der Waals surface area contributed by atoms with Gasteiger partial charge in [-0.25, -0.2) is 8.78 Å². The van der Waals surface area contributed by atoms with Crippen LogP contribution in [0.1, 0.15) is 12.8 Å². The van der Waals surface area contributed by atoms with Crippen molar-refractivity contribution >= 4 is 40.7 Å². The molecule has 0 radical (unpaired) electrons. The van der Waals surface area contributed by atoms with E-state index in [-0.39, 0.29) is 30.8 Å². The number of likely N-dealkylation sites (tertiary alicyclic amines) is 1. The van der Waals surface area contributed by atoms with E-state index in [9.17, 15) is 18.4 Å². The van der Waals surface area contributed by atoms with Gasteiger partial charge in [0.1, 0.15) is 0 Å². The molecule has 2 rings (SSSR count). The first-order valence-corrected chi connectivity index (χ1v) is 9.02. The van der Waals surface area contributed by atoms with Crippen molar-refractivity contribution < 1.29 is 18.4 Å². The third-order valence-corrected chi connectivity index (χ3v) is 5.03. The summed E-state index contributed by atoms with van der Waals surface area (Å²) in [6.07, 6.45) is -1.33. The maximum absolute atomic E-state index is 12.5. The average Bonchev–Trinajstić information content (AvgIpc) is 2.57. The van der Waals surface area contributed by atoms with Crippen LogP contribution in [0.4, 0.5) is 14.5 Å². The predicted molar refractivity (Wildman–Crippen MR) is 97.9 cm³/mol. The number of hydrogen-bond donors (Lipinski definition) is 1. The molecule has 0 unspecified atom stereocenters. The lowest BCUT2D eigenvalue weighted by Gasteiger charge is -2.32. The van der Waals surface area contributed by atoms with Gasteiger partial charge in [0.05, 0.1) is 23.1 Å². The smallest absolute Gasteiger partial charge is 0.251 e. The average molecular weight is 408 g/mol. The summed E-state index contributed by atoms with van der Waals surface area (Å²) in [5, 5.41) is 3.37. The third-order valence-electron chi connectivity index (χ3n) is 4.29. The first kappa shape index (κ1) is 20.9. The normalized spacial score (nSPS) is 15.9. The molecule has 2 amide bonds. The number of hydrogen-bond acceptors (Lipinski definition) is 3. The second-order valence-electron chi connectivity index (χ2n) is 6.34. The summed E-state index contributed by atoms with van der Waals surface area (Å²) < 4.78 is 24.8. The van der Waals surface area contributed by atoms with Gasteiger partial charge < -0.3 is 10.2 Å². The molecule has 144 valence electrons. The van der Waals surface area contributed by atoms with E-state index in [4.69, 9.17) is 23.2 Å². The van der Waals surface area contributed by atoms with Crippen molar-refractivity contribution in [1.82, 2.24) is 9.80 Å². The maximum atomic E-state index is 12.5. The van der Waals surface area contributed by atoms with Crippen LogP contribution in [0, 0.1) is 5.92 Å². The molecule has 1 aromatic carbocycles. The Bertz CT molecular complexity index is 653. The van der Waals surface area contributed by atoms with Gasteiger partial charge in [-0.3, -0.25) is 14.5 Å². The number of nitrogens with one attached hydrogen (secondary N) is 1. The van der Waals surface area contributed by atoms with Crippen molar-refractivity contribution in [3.8, 4) is 0 Å². The highest BCUT2D eigenvalue weighted by Gasteiger charge is 2.28. The maximum Gasteiger partial charge on any atom is 0.251 e. The number of carbonyl (C=O) groups excluding carboxylic acids is 2. The molecule has 0 bridgehead atoms. The van der Waals surface area contributed by atoms with Crippen LogP contribution in [0.3, 0.4) is 0 Å². The fourth-order valence-electron chi connectivity index (χ4n) is 2.94. The second kappa shape index (κ2) is 9.48. The molecule has 26 heavy (non-hydrogen) atoms. The topological polar surface area (TPSA) is 52.7 Å². The number of nitrogens with zero attached hydrogens (tertiary/aromatic N) is 2. The molecule has 1 aliphatic rings. The lowest BCUT2D eigenvalue weighted by Crippen LogP contribution is -2.44. The molecule has 1 aliphatic heterocycles. The molecule has 1 heterocycles. The molecule has 9 heteroatoms. The highest BCUT2D eigenvalue weighted by Crippen LogP contribution is 2.25. The quantitative estimate of drug-likeness (QED) is 0.786. The Morgan fingerprint density at radius 3 is 2.50 bits per heavy atom. The van der Waals surface area contributed by atoms with Crippen LogP contribution in [0.2, 0.25) is 10.0 Å². The molecule has 5 nitrogen and oxygen atoms in total. The lowest BCUT2D eigenvalue weighted by molar-refractivity contribution is -0.138. The highest BCUT2D eigenvalue weighted by molar-refractivity contribution is 6.42. The van der Waals surface area contributed by atoms with E-state index in [0.29, 0.717) is 41.7 Å². The number of anilines is 1. The van der Waals surface area contributed by atoms with E-state index < -0.39 is 6.43 Å². The highest BCUT2D eigenvalue weighted by atomic mass is 35.5. The Morgan fingerprint density at radius 2 is 1.92 bits per heavy atom.